The van der Waals surface area contributed by atoms with Crippen molar-refractivity contribution in [3.05, 3.63) is 28.8 Å². The molecule has 2 N–H and O–H groups in total. The van der Waals surface area contributed by atoms with Gasteiger partial charge in [-0.1, -0.05) is 24.6 Å². The standard InChI is InChI=1S/C16H25ClN2O2/c1-3-6-18-12(2)15-5-4-13(9-16(15)17)19-7-8-21-14(10-19)11-20/h4-5,9,12,14,18,20H,3,6-8,10-11H2,1-2H3. The lowest BCUT2D eigenvalue weighted by Gasteiger charge is -2.34. The van der Waals surface area contributed by atoms with E-state index in [1.165, 1.54) is 0 Å². The number of hydrogen-bond acceptors (Lipinski definition) is 4. The van der Waals surface area contributed by atoms with Gasteiger partial charge in [-0.2, -0.15) is 0 Å². The van der Waals surface area contributed by atoms with E-state index in [0.29, 0.717) is 13.2 Å². The van der Waals surface area contributed by atoms with Gasteiger partial charge in [-0.05, 0) is 37.6 Å². The minimum Gasteiger partial charge on any atom is -0.394 e. The van der Waals surface area contributed by atoms with Gasteiger partial charge in [-0.15, -0.1) is 0 Å². The number of anilines is 1. The molecule has 1 saturated heterocycles. The van der Waals surface area contributed by atoms with Crippen molar-refractivity contribution in [2.75, 3.05) is 37.7 Å². The largest absolute Gasteiger partial charge is 0.394 e. The summed E-state index contributed by atoms with van der Waals surface area (Å²) < 4.78 is 5.48. The van der Waals surface area contributed by atoms with Crippen molar-refractivity contribution >= 4 is 17.3 Å². The topological polar surface area (TPSA) is 44.7 Å². The number of hydrogen-bond donors (Lipinski definition) is 2. The number of morpholine rings is 1. The van der Waals surface area contributed by atoms with Crippen molar-refractivity contribution in [2.24, 2.45) is 0 Å². The van der Waals surface area contributed by atoms with Gasteiger partial charge in [0.15, 0.2) is 0 Å². The molecule has 1 fully saturated rings. The molecule has 0 spiro atoms. The SMILES string of the molecule is CCCNC(C)c1ccc(N2CCOC(CO)C2)cc1Cl. The van der Waals surface area contributed by atoms with Crippen LogP contribution in [0, 0.1) is 0 Å². The fraction of sp³-hybridized carbons (Fsp3) is 0.625. The van der Waals surface area contributed by atoms with E-state index in [2.05, 4.69) is 36.2 Å². The maximum absolute atomic E-state index is 9.22. The number of rotatable bonds is 6. The quantitative estimate of drug-likeness (QED) is 0.847. The Bertz CT molecular complexity index is 456. The lowest BCUT2D eigenvalue weighted by Crippen LogP contribution is -2.44. The molecular formula is C16H25ClN2O2. The molecule has 0 saturated carbocycles. The van der Waals surface area contributed by atoms with Crippen molar-refractivity contribution in [1.82, 2.24) is 5.32 Å². The molecule has 0 aromatic heterocycles. The average Bonchev–Trinajstić information content (AvgIpc) is 2.52. The van der Waals surface area contributed by atoms with E-state index in [9.17, 15) is 5.11 Å². The Labute approximate surface area is 132 Å². The van der Waals surface area contributed by atoms with Crippen LogP contribution >= 0.6 is 11.6 Å². The van der Waals surface area contributed by atoms with Crippen LogP contribution in [0.25, 0.3) is 0 Å². The predicted molar refractivity (Wildman–Crippen MR) is 87.2 cm³/mol. The summed E-state index contributed by atoms with van der Waals surface area (Å²) >= 11 is 6.45. The Hall–Kier alpha value is -0.810. The first kappa shape index (κ1) is 16.6. The van der Waals surface area contributed by atoms with E-state index in [1.54, 1.807) is 0 Å². The Morgan fingerprint density at radius 3 is 3.00 bits per heavy atom. The molecule has 118 valence electrons. The van der Waals surface area contributed by atoms with Gasteiger partial charge >= 0.3 is 0 Å². The van der Waals surface area contributed by atoms with Crippen molar-refractivity contribution in [1.29, 1.82) is 0 Å². The van der Waals surface area contributed by atoms with Gasteiger partial charge in [-0.25, -0.2) is 0 Å². The molecule has 1 aromatic carbocycles. The molecule has 1 heterocycles. The number of ether oxygens (including phenoxy) is 1. The third-order valence-corrected chi connectivity index (χ3v) is 4.19. The van der Waals surface area contributed by atoms with E-state index < -0.39 is 0 Å². The summed E-state index contributed by atoms with van der Waals surface area (Å²) in [5.74, 6) is 0. The molecule has 0 aliphatic carbocycles. The predicted octanol–water partition coefficient (Wildman–Crippen LogP) is 2.60. The van der Waals surface area contributed by atoms with Crippen molar-refractivity contribution in [3.8, 4) is 0 Å². The van der Waals surface area contributed by atoms with Crippen molar-refractivity contribution < 1.29 is 9.84 Å². The van der Waals surface area contributed by atoms with Gasteiger partial charge < -0.3 is 20.1 Å². The van der Waals surface area contributed by atoms with Gasteiger partial charge in [0.25, 0.3) is 0 Å². The second kappa shape index (κ2) is 7.99. The monoisotopic (exact) mass is 312 g/mol. The zero-order chi connectivity index (χ0) is 15.2. The molecule has 2 atom stereocenters. The van der Waals surface area contributed by atoms with Crippen LogP contribution < -0.4 is 10.2 Å². The van der Waals surface area contributed by atoms with Gasteiger partial charge in [-0.3, -0.25) is 0 Å². The molecule has 0 amide bonds. The van der Waals surface area contributed by atoms with Crippen LogP contribution in [0.1, 0.15) is 31.9 Å². The Morgan fingerprint density at radius 2 is 2.33 bits per heavy atom. The van der Waals surface area contributed by atoms with Crippen LogP contribution in [0.2, 0.25) is 5.02 Å². The number of benzene rings is 1. The second-order valence-corrected chi connectivity index (χ2v) is 5.91. The maximum atomic E-state index is 9.22. The molecule has 2 rings (SSSR count). The summed E-state index contributed by atoms with van der Waals surface area (Å²) in [6, 6.07) is 6.46. The minimum absolute atomic E-state index is 0.0558. The zero-order valence-electron chi connectivity index (χ0n) is 12.8. The summed E-state index contributed by atoms with van der Waals surface area (Å²) in [6.07, 6.45) is 0.999. The van der Waals surface area contributed by atoms with Gasteiger partial charge in [0.2, 0.25) is 0 Å². The van der Waals surface area contributed by atoms with Crippen LogP contribution in [-0.2, 0) is 4.74 Å². The second-order valence-electron chi connectivity index (χ2n) is 5.50. The molecule has 4 nitrogen and oxygen atoms in total. The van der Waals surface area contributed by atoms with Crippen LogP contribution in [0.15, 0.2) is 18.2 Å². The van der Waals surface area contributed by atoms with Crippen LogP contribution in [-0.4, -0.2) is 44.1 Å². The summed E-state index contributed by atoms with van der Waals surface area (Å²) in [6.45, 7) is 7.50. The van der Waals surface area contributed by atoms with Crippen LogP contribution in [0.4, 0.5) is 5.69 Å². The van der Waals surface area contributed by atoms with E-state index >= 15 is 0 Å². The molecule has 1 aromatic rings. The molecule has 2 unspecified atom stereocenters. The number of nitrogens with one attached hydrogen (secondary N) is 1. The highest BCUT2D eigenvalue weighted by Gasteiger charge is 2.20. The third kappa shape index (κ3) is 4.33. The van der Waals surface area contributed by atoms with Gasteiger partial charge in [0.1, 0.15) is 0 Å². The summed E-state index contributed by atoms with van der Waals surface area (Å²) in [5.41, 5.74) is 2.22. The van der Waals surface area contributed by atoms with E-state index in [0.717, 1.165) is 35.8 Å². The third-order valence-electron chi connectivity index (χ3n) is 3.86. The van der Waals surface area contributed by atoms with Gasteiger partial charge in [0, 0.05) is 29.8 Å². The lowest BCUT2D eigenvalue weighted by atomic mass is 10.1. The highest BCUT2D eigenvalue weighted by atomic mass is 35.5. The van der Waals surface area contributed by atoms with Crippen molar-refractivity contribution in [3.63, 3.8) is 0 Å². The summed E-state index contributed by atoms with van der Waals surface area (Å²) in [7, 11) is 0. The Morgan fingerprint density at radius 1 is 1.52 bits per heavy atom. The first-order valence-electron chi connectivity index (χ1n) is 7.66. The van der Waals surface area contributed by atoms with E-state index in [1.807, 2.05) is 6.07 Å². The van der Waals surface area contributed by atoms with Crippen molar-refractivity contribution in [2.45, 2.75) is 32.4 Å². The van der Waals surface area contributed by atoms with Crippen LogP contribution in [0.5, 0.6) is 0 Å². The Balaban J connectivity index is 2.07. The van der Waals surface area contributed by atoms with E-state index in [4.69, 9.17) is 16.3 Å². The number of nitrogens with zero attached hydrogens (tertiary/aromatic N) is 1. The molecule has 1 aliphatic heterocycles. The minimum atomic E-state index is -0.109. The lowest BCUT2D eigenvalue weighted by molar-refractivity contribution is 0.00357. The smallest absolute Gasteiger partial charge is 0.0980 e. The molecule has 5 heteroatoms. The number of aliphatic hydroxyl groups is 1. The Kier molecular flexibility index (Phi) is 6.30. The highest BCUT2D eigenvalue weighted by Crippen LogP contribution is 2.28. The van der Waals surface area contributed by atoms with Gasteiger partial charge in [0.05, 0.1) is 19.3 Å². The molecule has 0 bridgehead atoms. The highest BCUT2D eigenvalue weighted by molar-refractivity contribution is 6.31. The summed E-state index contributed by atoms with van der Waals surface area (Å²) in [4.78, 5) is 2.21. The summed E-state index contributed by atoms with van der Waals surface area (Å²) in [5, 5.41) is 13.5. The normalized spacial score (nSPS) is 20.6. The molecule has 0 radical (unpaired) electrons. The zero-order valence-corrected chi connectivity index (χ0v) is 13.6. The first-order chi connectivity index (χ1) is 10.2. The molecular weight excluding hydrogens is 288 g/mol. The number of aliphatic hydroxyl groups excluding tert-OH is 1. The van der Waals surface area contributed by atoms with Crippen LogP contribution in [0.3, 0.4) is 0 Å². The van der Waals surface area contributed by atoms with E-state index in [-0.39, 0.29) is 18.8 Å². The first-order valence-corrected chi connectivity index (χ1v) is 8.03. The fourth-order valence-corrected chi connectivity index (χ4v) is 2.94. The fourth-order valence-electron chi connectivity index (χ4n) is 2.60. The molecule has 21 heavy (non-hydrogen) atoms. The average molecular weight is 313 g/mol. The number of halogens is 1. The maximum Gasteiger partial charge on any atom is 0.0980 e. The molecule has 1 aliphatic rings.